The normalized spacial score (nSPS) is 36.0. The molecule has 1 saturated carbocycles. The average molecular weight is 318 g/mol. The monoisotopic (exact) mass is 318 g/mol. The van der Waals surface area contributed by atoms with Crippen LogP contribution in [0.5, 0.6) is 0 Å². The first-order valence-corrected chi connectivity index (χ1v) is 8.36. The highest BCUT2D eigenvalue weighted by Crippen LogP contribution is 2.61. The molecule has 3 rings (SSSR count). The van der Waals surface area contributed by atoms with Gasteiger partial charge in [0, 0.05) is 23.0 Å². The van der Waals surface area contributed by atoms with Crippen molar-refractivity contribution in [2.45, 2.75) is 65.1 Å². The summed E-state index contributed by atoms with van der Waals surface area (Å²) in [5.74, 6) is 0.576. The standard InChI is InChI=1S/C19H26O4/c1-11(2)17(20)23-16-15-12(3)10-22-14(15)9-19(21)8-6-7-13(4)18(16,19)5/h10,13,16,21H,1,6-9H2,2-5H3. The zero-order chi connectivity index (χ0) is 17.0. The molecule has 4 heteroatoms. The molecule has 1 fully saturated rings. The van der Waals surface area contributed by atoms with E-state index in [0.717, 1.165) is 29.7 Å². The van der Waals surface area contributed by atoms with Crippen molar-refractivity contribution >= 4 is 5.97 Å². The van der Waals surface area contributed by atoms with Crippen molar-refractivity contribution in [2.75, 3.05) is 0 Å². The third-order valence-corrected chi connectivity index (χ3v) is 6.19. The number of fused-ring (bicyclic) bond motifs is 2. The molecule has 0 radical (unpaired) electrons. The Morgan fingerprint density at radius 3 is 2.87 bits per heavy atom. The van der Waals surface area contributed by atoms with Crippen LogP contribution in [0.4, 0.5) is 0 Å². The Morgan fingerprint density at radius 1 is 1.52 bits per heavy atom. The predicted molar refractivity (Wildman–Crippen MR) is 86.9 cm³/mol. The first-order valence-electron chi connectivity index (χ1n) is 8.36. The summed E-state index contributed by atoms with van der Waals surface area (Å²) in [6.07, 6.45) is 4.37. The molecule has 1 aromatic rings. The molecular formula is C19H26O4. The maximum absolute atomic E-state index is 12.2. The van der Waals surface area contributed by atoms with E-state index in [0.29, 0.717) is 18.4 Å². The molecule has 2 aliphatic rings. The van der Waals surface area contributed by atoms with E-state index >= 15 is 0 Å². The molecule has 0 spiro atoms. The van der Waals surface area contributed by atoms with E-state index in [1.165, 1.54) is 0 Å². The number of aliphatic hydroxyl groups is 1. The Labute approximate surface area is 137 Å². The topological polar surface area (TPSA) is 59.7 Å². The number of hydrogen-bond donors (Lipinski definition) is 1. The zero-order valence-electron chi connectivity index (χ0n) is 14.4. The van der Waals surface area contributed by atoms with Gasteiger partial charge >= 0.3 is 5.97 Å². The van der Waals surface area contributed by atoms with Gasteiger partial charge in [-0.05, 0) is 38.2 Å². The molecule has 4 unspecified atom stereocenters. The van der Waals surface area contributed by atoms with Gasteiger partial charge in [-0.15, -0.1) is 0 Å². The largest absolute Gasteiger partial charge is 0.469 e. The van der Waals surface area contributed by atoms with Crippen LogP contribution >= 0.6 is 0 Å². The molecule has 1 N–H and O–H groups in total. The molecule has 2 aliphatic carbocycles. The summed E-state index contributed by atoms with van der Waals surface area (Å²) in [5, 5.41) is 11.4. The van der Waals surface area contributed by atoms with Crippen molar-refractivity contribution in [1.29, 1.82) is 0 Å². The molecular weight excluding hydrogens is 292 g/mol. The fourth-order valence-corrected chi connectivity index (χ4v) is 4.46. The SMILES string of the molecule is C=C(C)C(=O)OC1c2c(C)coc2CC2(O)CCCC(C)C12C. The van der Waals surface area contributed by atoms with Crippen LogP contribution in [0.1, 0.15) is 63.0 Å². The van der Waals surface area contributed by atoms with Crippen molar-refractivity contribution < 1.29 is 19.1 Å². The van der Waals surface area contributed by atoms with E-state index in [4.69, 9.17) is 9.15 Å². The number of carbonyl (C=O) groups excluding carboxylic acids is 1. The first-order chi connectivity index (χ1) is 10.7. The van der Waals surface area contributed by atoms with Crippen LogP contribution in [0.25, 0.3) is 0 Å². The lowest BCUT2D eigenvalue weighted by molar-refractivity contribution is -0.210. The quantitative estimate of drug-likeness (QED) is 0.664. The van der Waals surface area contributed by atoms with E-state index in [-0.39, 0.29) is 5.92 Å². The molecule has 4 nitrogen and oxygen atoms in total. The second-order valence-electron chi connectivity index (χ2n) is 7.61. The van der Waals surface area contributed by atoms with Crippen molar-refractivity contribution in [3.05, 3.63) is 35.3 Å². The summed E-state index contributed by atoms with van der Waals surface area (Å²) in [6, 6.07) is 0. The molecule has 0 bridgehead atoms. The average Bonchev–Trinajstić information content (AvgIpc) is 2.82. The van der Waals surface area contributed by atoms with Crippen molar-refractivity contribution in [3.8, 4) is 0 Å². The Hall–Kier alpha value is -1.55. The van der Waals surface area contributed by atoms with Crippen LogP contribution in [-0.2, 0) is 16.0 Å². The zero-order valence-corrected chi connectivity index (χ0v) is 14.4. The highest BCUT2D eigenvalue weighted by Gasteiger charge is 2.62. The molecule has 23 heavy (non-hydrogen) atoms. The van der Waals surface area contributed by atoms with Gasteiger partial charge in [-0.3, -0.25) is 0 Å². The van der Waals surface area contributed by atoms with Crippen LogP contribution in [0.15, 0.2) is 22.8 Å². The number of carbonyl (C=O) groups is 1. The number of hydrogen-bond acceptors (Lipinski definition) is 4. The van der Waals surface area contributed by atoms with E-state index in [1.54, 1.807) is 13.2 Å². The second kappa shape index (κ2) is 5.23. The third kappa shape index (κ3) is 2.18. The first kappa shape index (κ1) is 16.3. The lowest BCUT2D eigenvalue weighted by atomic mass is 9.51. The Kier molecular flexibility index (Phi) is 3.71. The van der Waals surface area contributed by atoms with Gasteiger partial charge < -0.3 is 14.3 Å². The lowest BCUT2D eigenvalue weighted by Gasteiger charge is -2.57. The Morgan fingerprint density at radius 2 is 2.22 bits per heavy atom. The predicted octanol–water partition coefficient (Wildman–Crippen LogP) is 3.86. The summed E-state index contributed by atoms with van der Waals surface area (Å²) in [5.41, 5.74) is 0.829. The Balaban J connectivity index is 2.15. The number of rotatable bonds is 2. The van der Waals surface area contributed by atoms with Crippen LogP contribution in [0.2, 0.25) is 0 Å². The number of furan rings is 1. The summed E-state index contributed by atoms with van der Waals surface area (Å²) in [7, 11) is 0. The molecule has 0 aliphatic heterocycles. The van der Waals surface area contributed by atoms with Crippen molar-refractivity contribution in [2.24, 2.45) is 11.3 Å². The van der Waals surface area contributed by atoms with Gasteiger partial charge in [0.2, 0.25) is 0 Å². The van der Waals surface area contributed by atoms with Crippen LogP contribution < -0.4 is 0 Å². The second-order valence-corrected chi connectivity index (χ2v) is 7.61. The molecule has 0 aromatic carbocycles. The van der Waals surface area contributed by atoms with Gasteiger partial charge in [-0.1, -0.05) is 26.8 Å². The minimum Gasteiger partial charge on any atom is -0.469 e. The van der Waals surface area contributed by atoms with Crippen molar-refractivity contribution in [3.63, 3.8) is 0 Å². The van der Waals surface area contributed by atoms with Gasteiger partial charge in [0.1, 0.15) is 11.9 Å². The Bertz CT molecular complexity index is 658. The smallest absolute Gasteiger partial charge is 0.333 e. The maximum Gasteiger partial charge on any atom is 0.333 e. The van der Waals surface area contributed by atoms with E-state index < -0.39 is 23.1 Å². The third-order valence-electron chi connectivity index (χ3n) is 6.19. The van der Waals surface area contributed by atoms with E-state index in [1.807, 2.05) is 6.92 Å². The fourth-order valence-electron chi connectivity index (χ4n) is 4.46. The number of ether oxygens (including phenoxy) is 1. The molecule has 126 valence electrons. The van der Waals surface area contributed by atoms with E-state index in [2.05, 4.69) is 20.4 Å². The minimum atomic E-state index is -0.915. The summed E-state index contributed by atoms with van der Waals surface area (Å²) in [6.45, 7) is 11.5. The van der Waals surface area contributed by atoms with Gasteiger partial charge in [0.05, 0.1) is 11.9 Å². The molecule has 0 amide bonds. The fraction of sp³-hybridized carbons (Fsp3) is 0.632. The van der Waals surface area contributed by atoms with E-state index in [9.17, 15) is 9.90 Å². The minimum absolute atomic E-state index is 0.242. The van der Waals surface area contributed by atoms with Crippen molar-refractivity contribution in [1.82, 2.24) is 0 Å². The number of aryl methyl sites for hydroxylation is 1. The van der Waals surface area contributed by atoms with Gasteiger partial charge in [0.25, 0.3) is 0 Å². The van der Waals surface area contributed by atoms with Crippen LogP contribution in [0.3, 0.4) is 0 Å². The maximum atomic E-state index is 12.2. The molecule has 4 atom stereocenters. The highest BCUT2D eigenvalue weighted by atomic mass is 16.5. The van der Waals surface area contributed by atoms with Gasteiger partial charge in [-0.25, -0.2) is 4.79 Å². The van der Waals surface area contributed by atoms with Crippen LogP contribution in [-0.4, -0.2) is 16.7 Å². The molecule has 1 aromatic heterocycles. The lowest BCUT2D eigenvalue weighted by Crippen LogP contribution is -2.60. The number of esters is 1. The molecule has 1 heterocycles. The summed E-state index contributed by atoms with van der Waals surface area (Å²) >= 11 is 0. The van der Waals surface area contributed by atoms with Gasteiger partial charge in [0.15, 0.2) is 0 Å². The highest BCUT2D eigenvalue weighted by molar-refractivity contribution is 5.87. The summed E-state index contributed by atoms with van der Waals surface area (Å²) in [4.78, 5) is 12.2. The summed E-state index contributed by atoms with van der Waals surface area (Å²) < 4.78 is 11.5. The van der Waals surface area contributed by atoms with Gasteiger partial charge in [-0.2, -0.15) is 0 Å². The molecule has 0 saturated heterocycles. The van der Waals surface area contributed by atoms with Crippen LogP contribution in [0, 0.1) is 18.3 Å².